The molecule has 1 saturated heterocycles. The van der Waals surface area contributed by atoms with Crippen molar-refractivity contribution in [2.24, 2.45) is 11.7 Å². The second kappa shape index (κ2) is 5.82. The number of hydrogen-bond donors (Lipinski definition) is 1. The van der Waals surface area contributed by atoms with Crippen LogP contribution >= 0.6 is 0 Å². The Kier molecular flexibility index (Phi) is 4.45. The van der Waals surface area contributed by atoms with Crippen LogP contribution in [0.2, 0.25) is 0 Å². The van der Waals surface area contributed by atoms with Gasteiger partial charge in [-0.25, -0.2) is 8.42 Å². The molecule has 5 nitrogen and oxygen atoms in total. The molecule has 0 saturated carbocycles. The average Bonchev–Trinajstić information content (AvgIpc) is 2.86. The number of alkyl halides is 3. The Bertz CT molecular complexity index is 604. The monoisotopic (exact) mass is 324 g/mol. The van der Waals surface area contributed by atoms with E-state index in [4.69, 9.17) is 5.73 Å². The highest BCUT2D eigenvalue weighted by atomic mass is 32.2. The molecule has 0 amide bonds. The molecule has 1 atom stereocenters. The van der Waals surface area contributed by atoms with E-state index in [0.29, 0.717) is 19.5 Å². The van der Waals surface area contributed by atoms with E-state index < -0.39 is 22.1 Å². The SMILES string of the molecule is NC[C@@H]1CCN(S(=O)(=O)c2cccc(OC(F)(F)F)c2)C1. The third-order valence-corrected chi connectivity index (χ3v) is 5.12. The summed E-state index contributed by atoms with van der Waals surface area (Å²) in [6, 6.07) is 4.39. The van der Waals surface area contributed by atoms with Crippen LogP contribution < -0.4 is 10.5 Å². The van der Waals surface area contributed by atoms with Gasteiger partial charge in [-0.2, -0.15) is 4.31 Å². The zero-order valence-corrected chi connectivity index (χ0v) is 11.8. The first-order valence-electron chi connectivity index (χ1n) is 6.28. The predicted octanol–water partition coefficient (Wildman–Crippen LogP) is 1.55. The van der Waals surface area contributed by atoms with Crippen molar-refractivity contribution < 1.29 is 26.3 Å². The van der Waals surface area contributed by atoms with Crippen molar-refractivity contribution in [3.63, 3.8) is 0 Å². The normalized spacial score (nSPS) is 20.7. The van der Waals surface area contributed by atoms with Crippen LogP contribution in [-0.2, 0) is 10.0 Å². The largest absolute Gasteiger partial charge is 0.573 e. The van der Waals surface area contributed by atoms with Gasteiger partial charge in [-0.1, -0.05) is 6.07 Å². The lowest BCUT2D eigenvalue weighted by Crippen LogP contribution is -2.30. The molecule has 9 heteroatoms. The van der Waals surface area contributed by atoms with Gasteiger partial charge in [0.1, 0.15) is 5.75 Å². The van der Waals surface area contributed by atoms with E-state index in [1.165, 1.54) is 16.4 Å². The van der Waals surface area contributed by atoms with Crippen LogP contribution in [0.3, 0.4) is 0 Å². The fourth-order valence-electron chi connectivity index (χ4n) is 2.19. The summed E-state index contributed by atoms with van der Waals surface area (Å²) in [5.74, 6) is -0.479. The van der Waals surface area contributed by atoms with E-state index in [-0.39, 0.29) is 17.4 Å². The lowest BCUT2D eigenvalue weighted by Gasteiger charge is -2.17. The standard InChI is InChI=1S/C12H15F3N2O3S/c13-12(14,15)20-10-2-1-3-11(6-10)21(18,19)17-5-4-9(7-16)8-17/h1-3,6,9H,4-5,7-8,16H2/t9-/m0/s1. The van der Waals surface area contributed by atoms with E-state index in [1.807, 2.05) is 0 Å². The Labute approximate surface area is 120 Å². The van der Waals surface area contributed by atoms with E-state index in [2.05, 4.69) is 4.74 Å². The number of halogens is 3. The fourth-order valence-corrected chi connectivity index (χ4v) is 3.76. The first-order chi connectivity index (χ1) is 9.72. The first kappa shape index (κ1) is 16.1. The van der Waals surface area contributed by atoms with E-state index >= 15 is 0 Å². The van der Waals surface area contributed by atoms with E-state index in [9.17, 15) is 21.6 Å². The molecule has 21 heavy (non-hydrogen) atoms. The summed E-state index contributed by atoms with van der Waals surface area (Å²) in [5.41, 5.74) is 5.51. The van der Waals surface area contributed by atoms with Gasteiger partial charge in [0.05, 0.1) is 4.90 Å². The molecular weight excluding hydrogens is 309 g/mol. The third-order valence-electron chi connectivity index (χ3n) is 3.26. The Morgan fingerprint density at radius 3 is 2.67 bits per heavy atom. The second-order valence-corrected chi connectivity index (χ2v) is 6.71. The number of hydrogen-bond acceptors (Lipinski definition) is 4. The molecule has 1 aliphatic heterocycles. The van der Waals surface area contributed by atoms with Crippen molar-refractivity contribution in [1.82, 2.24) is 4.31 Å². The zero-order valence-electron chi connectivity index (χ0n) is 11.0. The highest BCUT2D eigenvalue weighted by Crippen LogP contribution is 2.28. The minimum atomic E-state index is -4.86. The van der Waals surface area contributed by atoms with Gasteiger partial charge in [-0.05, 0) is 31.0 Å². The van der Waals surface area contributed by atoms with E-state index in [1.54, 1.807) is 0 Å². The summed E-state index contributed by atoms with van der Waals surface area (Å²) in [7, 11) is -3.83. The molecule has 1 aliphatic rings. The van der Waals surface area contributed by atoms with Crippen LogP contribution in [0.5, 0.6) is 5.75 Å². The van der Waals surface area contributed by atoms with Gasteiger partial charge < -0.3 is 10.5 Å². The quantitative estimate of drug-likeness (QED) is 0.912. The molecule has 1 aromatic rings. The van der Waals surface area contributed by atoms with Crippen molar-refractivity contribution >= 4 is 10.0 Å². The number of nitrogens with two attached hydrogens (primary N) is 1. The van der Waals surface area contributed by atoms with Gasteiger partial charge in [0.2, 0.25) is 10.0 Å². The molecule has 1 aromatic carbocycles. The smallest absolute Gasteiger partial charge is 0.406 e. The lowest BCUT2D eigenvalue weighted by molar-refractivity contribution is -0.274. The van der Waals surface area contributed by atoms with Crippen LogP contribution in [0.25, 0.3) is 0 Å². The van der Waals surface area contributed by atoms with Gasteiger partial charge >= 0.3 is 6.36 Å². The zero-order chi connectivity index (χ0) is 15.7. The molecular formula is C12H15F3N2O3S. The maximum Gasteiger partial charge on any atom is 0.573 e. The number of nitrogens with zero attached hydrogens (tertiary/aromatic N) is 1. The minimum Gasteiger partial charge on any atom is -0.406 e. The predicted molar refractivity (Wildman–Crippen MR) is 69.0 cm³/mol. The van der Waals surface area contributed by atoms with Gasteiger partial charge in [-0.15, -0.1) is 13.2 Å². The highest BCUT2D eigenvalue weighted by molar-refractivity contribution is 7.89. The molecule has 0 aliphatic carbocycles. The molecule has 2 rings (SSSR count). The molecule has 0 bridgehead atoms. The van der Waals surface area contributed by atoms with Crippen molar-refractivity contribution in [1.29, 1.82) is 0 Å². The molecule has 2 N–H and O–H groups in total. The summed E-state index contributed by atoms with van der Waals surface area (Å²) < 4.78 is 66.2. The second-order valence-electron chi connectivity index (χ2n) is 4.78. The molecule has 0 radical (unpaired) electrons. The van der Waals surface area contributed by atoms with Crippen molar-refractivity contribution in [3.8, 4) is 5.75 Å². The van der Waals surface area contributed by atoms with Gasteiger partial charge in [0.15, 0.2) is 0 Å². The Morgan fingerprint density at radius 1 is 1.38 bits per heavy atom. The van der Waals surface area contributed by atoms with Crippen LogP contribution in [0.1, 0.15) is 6.42 Å². The van der Waals surface area contributed by atoms with Gasteiger partial charge in [-0.3, -0.25) is 0 Å². The molecule has 118 valence electrons. The van der Waals surface area contributed by atoms with Crippen molar-refractivity contribution in [3.05, 3.63) is 24.3 Å². The van der Waals surface area contributed by atoms with Crippen LogP contribution in [0, 0.1) is 5.92 Å². The Morgan fingerprint density at radius 2 is 2.10 bits per heavy atom. The van der Waals surface area contributed by atoms with Crippen molar-refractivity contribution in [2.75, 3.05) is 19.6 Å². The number of rotatable bonds is 4. The van der Waals surface area contributed by atoms with Gasteiger partial charge in [0, 0.05) is 19.2 Å². The molecule has 0 unspecified atom stereocenters. The van der Waals surface area contributed by atoms with Crippen LogP contribution in [-0.4, -0.2) is 38.7 Å². The molecule has 0 spiro atoms. The number of ether oxygens (including phenoxy) is 1. The number of sulfonamides is 1. The summed E-state index contributed by atoms with van der Waals surface area (Å²) in [6.45, 7) is 0.973. The highest BCUT2D eigenvalue weighted by Gasteiger charge is 2.34. The molecule has 0 aromatic heterocycles. The van der Waals surface area contributed by atoms with Crippen LogP contribution in [0.15, 0.2) is 29.2 Å². The molecule has 1 fully saturated rings. The number of benzene rings is 1. The topological polar surface area (TPSA) is 72.6 Å². The van der Waals surface area contributed by atoms with E-state index in [0.717, 1.165) is 12.1 Å². The van der Waals surface area contributed by atoms with Crippen LogP contribution in [0.4, 0.5) is 13.2 Å². The summed E-state index contributed by atoms with van der Waals surface area (Å²) in [6.07, 6.45) is -4.21. The third kappa shape index (κ3) is 3.86. The lowest BCUT2D eigenvalue weighted by atomic mass is 10.1. The Balaban J connectivity index is 2.23. The molecule has 1 heterocycles. The Hall–Kier alpha value is -1.32. The average molecular weight is 324 g/mol. The van der Waals surface area contributed by atoms with Crippen molar-refractivity contribution in [2.45, 2.75) is 17.7 Å². The summed E-state index contributed by atoms with van der Waals surface area (Å²) in [4.78, 5) is -0.220. The fraction of sp³-hybridized carbons (Fsp3) is 0.500. The first-order valence-corrected chi connectivity index (χ1v) is 7.72. The maximum absolute atomic E-state index is 12.4. The van der Waals surface area contributed by atoms with Gasteiger partial charge in [0.25, 0.3) is 0 Å². The summed E-state index contributed by atoms with van der Waals surface area (Å²) in [5, 5.41) is 0. The minimum absolute atomic E-state index is 0.0781. The maximum atomic E-state index is 12.4. The summed E-state index contributed by atoms with van der Waals surface area (Å²) >= 11 is 0.